The van der Waals surface area contributed by atoms with Gasteiger partial charge in [-0.1, -0.05) is 246 Å². The van der Waals surface area contributed by atoms with Crippen molar-refractivity contribution < 1.29 is 28.6 Å². The van der Waals surface area contributed by atoms with Gasteiger partial charge >= 0.3 is 17.9 Å². The van der Waals surface area contributed by atoms with Gasteiger partial charge in [0.1, 0.15) is 13.2 Å². The molecule has 0 bridgehead atoms. The maximum Gasteiger partial charge on any atom is 0.306 e. The van der Waals surface area contributed by atoms with Crippen molar-refractivity contribution >= 4 is 17.9 Å². The second-order valence-corrected chi connectivity index (χ2v) is 18.8. The molecule has 0 radical (unpaired) electrons. The summed E-state index contributed by atoms with van der Waals surface area (Å²) in [7, 11) is 0. The summed E-state index contributed by atoms with van der Waals surface area (Å²) in [6.45, 7) is 6.43. The van der Waals surface area contributed by atoms with Gasteiger partial charge in [-0.25, -0.2) is 0 Å². The molecule has 0 fully saturated rings. The molecule has 0 saturated carbocycles. The summed E-state index contributed by atoms with van der Waals surface area (Å²) in [4.78, 5) is 38.1. The predicted molar refractivity (Wildman–Crippen MR) is 297 cm³/mol. The minimum absolute atomic E-state index is 0.0977. The van der Waals surface area contributed by atoms with E-state index in [2.05, 4.69) is 118 Å². The Morgan fingerprint density at radius 1 is 0.304 bits per heavy atom. The Morgan fingerprint density at radius 2 is 0.594 bits per heavy atom. The molecule has 0 N–H and O–H groups in total. The number of hydrogen-bond donors (Lipinski definition) is 0. The molecular weight excluding hydrogens is 853 g/mol. The van der Waals surface area contributed by atoms with Crippen molar-refractivity contribution in [2.24, 2.45) is 0 Å². The molecular formula is C63H106O6. The molecule has 6 nitrogen and oxygen atoms in total. The lowest BCUT2D eigenvalue weighted by molar-refractivity contribution is -0.167. The third-order valence-electron chi connectivity index (χ3n) is 12.1. The summed E-state index contributed by atoms with van der Waals surface area (Å²) in [6.07, 6.45) is 75.4. The van der Waals surface area contributed by atoms with Crippen LogP contribution in [0.1, 0.15) is 265 Å². The van der Waals surface area contributed by atoms with Crippen LogP contribution in [-0.2, 0) is 28.6 Å². The van der Waals surface area contributed by atoms with Gasteiger partial charge in [-0.05, 0) is 96.3 Å². The van der Waals surface area contributed by atoms with E-state index in [1.807, 2.05) is 0 Å². The first-order valence-electron chi connectivity index (χ1n) is 28.7. The highest BCUT2D eigenvalue weighted by atomic mass is 16.6. The predicted octanol–water partition coefficient (Wildman–Crippen LogP) is 19.3. The van der Waals surface area contributed by atoms with Gasteiger partial charge in [0, 0.05) is 19.3 Å². The van der Waals surface area contributed by atoms with Crippen LogP contribution < -0.4 is 0 Å². The molecule has 0 spiro atoms. The third-order valence-corrected chi connectivity index (χ3v) is 12.1. The molecule has 0 aromatic heterocycles. The zero-order valence-corrected chi connectivity index (χ0v) is 45.0. The molecule has 0 heterocycles. The fraction of sp³-hybridized carbons (Fsp3) is 0.698. The van der Waals surface area contributed by atoms with Gasteiger partial charge in [0.15, 0.2) is 6.10 Å². The van der Waals surface area contributed by atoms with E-state index in [0.717, 1.165) is 128 Å². The van der Waals surface area contributed by atoms with Crippen molar-refractivity contribution in [2.75, 3.05) is 13.2 Å². The van der Waals surface area contributed by atoms with E-state index < -0.39 is 6.10 Å². The molecule has 0 amide bonds. The lowest BCUT2D eigenvalue weighted by Crippen LogP contribution is -2.30. The molecule has 0 aromatic rings. The number of rotatable bonds is 51. The number of carbonyl (C=O) groups is 3. The largest absolute Gasteiger partial charge is 0.462 e. The molecule has 0 aliphatic rings. The van der Waals surface area contributed by atoms with Gasteiger partial charge in [0.05, 0.1) is 0 Å². The summed E-state index contributed by atoms with van der Waals surface area (Å²) in [6, 6.07) is 0. The number of hydrogen-bond acceptors (Lipinski definition) is 6. The number of allylic oxidation sites excluding steroid dienone is 16. The second-order valence-electron chi connectivity index (χ2n) is 18.8. The van der Waals surface area contributed by atoms with E-state index >= 15 is 0 Å². The molecule has 394 valence electrons. The van der Waals surface area contributed by atoms with Crippen LogP contribution in [0.4, 0.5) is 0 Å². The molecule has 1 unspecified atom stereocenters. The highest BCUT2D eigenvalue weighted by Gasteiger charge is 2.19. The Morgan fingerprint density at radius 3 is 0.971 bits per heavy atom. The molecule has 0 aromatic carbocycles. The van der Waals surface area contributed by atoms with E-state index in [1.165, 1.54) is 96.3 Å². The Kier molecular flexibility index (Phi) is 53.9. The summed E-state index contributed by atoms with van der Waals surface area (Å²) in [5, 5.41) is 0. The summed E-state index contributed by atoms with van der Waals surface area (Å²) in [5.41, 5.74) is 0. The van der Waals surface area contributed by atoms with Gasteiger partial charge in [0.25, 0.3) is 0 Å². The minimum Gasteiger partial charge on any atom is -0.462 e. The van der Waals surface area contributed by atoms with Crippen LogP contribution in [0.25, 0.3) is 0 Å². The molecule has 0 saturated heterocycles. The number of esters is 3. The van der Waals surface area contributed by atoms with Gasteiger partial charge in [-0.15, -0.1) is 0 Å². The van der Waals surface area contributed by atoms with Crippen molar-refractivity contribution in [3.8, 4) is 0 Å². The minimum atomic E-state index is -0.801. The number of carbonyl (C=O) groups excluding carboxylic acids is 3. The van der Waals surface area contributed by atoms with Gasteiger partial charge in [0.2, 0.25) is 0 Å². The van der Waals surface area contributed by atoms with Crippen molar-refractivity contribution in [3.63, 3.8) is 0 Å². The normalized spacial score (nSPS) is 12.8. The maximum atomic E-state index is 12.9. The first-order chi connectivity index (χ1) is 34.0. The number of ether oxygens (including phenoxy) is 3. The van der Waals surface area contributed by atoms with Gasteiger partial charge < -0.3 is 14.2 Å². The van der Waals surface area contributed by atoms with Crippen LogP contribution in [0, 0.1) is 0 Å². The quantitative estimate of drug-likeness (QED) is 0.0262. The van der Waals surface area contributed by atoms with E-state index in [0.29, 0.717) is 19.3 Å². The lowest BCUT2D eigenvalue weighted by Gasteiger charge is -2.18. The number of unbranched alkanes of at least 4 members (excludes halogenated alkanes) is 24. The van der Waals surface area contributed by atoms with E-state index in [-0.39, 0.29) is 31.1 Å². The van der Waals surface area contributed by atoms with Crippen LogP contribution in [0.2, 0.25) is 0 Å². The summed E-state index contributed by atoms with van der Waals surface area (Å²) < 4.78 is 16.8. The second kappa shape index (κ2) is 56.9. The molecule has 0 rings (SSSR count). The van der Waals surface area contributed by atoms with Crippen molar-refractivity contribution in [1.82, 2.24) is 0 Å². The molecule has 0 aliphatic heterocycles. The Balaban J connectivity index is 4.45. The topological polar surface area (TPSA) is 78.9 Å². The maximum absolute atomic E-state index is 12.9. The van der Waals surface area contributed by atoms with Crippen LogP contribution in [-0.4, -0.2) is 37.2 Å². The molecule has 0 aliphatic carbocycles. The molecule has 6 heteroatoms. The Hall–Kier alpha value is -3.67. The van der Waals surface area contributed by atoms with Crippen molar-refractivity contribution in [1.29, 1.82) is 0 Å². The molecule has 69 heavy (non-hydrogen) atoms. The zero-order valence-electron chi connectivity index (χ0n) is 45.0. The van der Waals surface area contributed by atoms with Crippen LogP contribution in [0.3, 0.4) is 0 Å². The van der Waals surface area contributed by atoms with E-state index in [9.17, 15) is 14.4 Å². The Labute approximate surface area is 426 Å². The lowest BCUT2D eigenvalue weighted by atomic mass is 10.0. The highest BCUT2D eigenvalue weighted by Crippen LogP contribution is 2.16. The standard InChI is InChI=1S/C63H106O6/c1-4-7-10-13-16-19-22-25-27-29-30-31-32-34-35-38-41-44-47-50-53-56-62(65)68-59-60(58-67-61(64)55-52-49-46-43-40-37-24-21-18-15-12-9-6-3)69-63(66)57-54-51-48-45-42-39-36-33-28-26-23-20-17-14-11-8-5-2/h7,10,12,15-16,19,21,24-25,27,30-31,34-35,41,44,60H,4-6,8-9,11,13-14,17-18,20,22-23,26,28-29,32-33,36-40,42-43,45-59H2,1-3H3/b10-7-,15-12-,19-16-,24-21-,27-25-,31-30-,35-34-,44-41-. The summed E-state index contributed by atoms with van der Waals surface area (Å²) in [5.74, 6) is -0.950. The van der Waals surface area contributed by atoms with Crippen LogP contribution in [0.15, 0.2) is 97.2 Å². The SMILES string of the molecule is CC/C=C\C/C=C\C/C=C\C/C=C\C/C=C\C/C=C\CCCCC(=O)OCC(COC(=O)CCCCCCC/C=C\C/C=C\CCC)OC(=O)CCCCCCCCCCCCCCCCCCC. The fourth-order valence-electron chi connectivity index (χ4n) is 7.78. The van der Waals surface area contributed by atoms with Gasteiger partial charge in [-0.3, -0.25) is 14.4 Å². The fourth-order valence-corrected chi connectivity index (χ4v) is 7.78. The highest BCUT2D eigenvalue weighted by molar-refractivity contribution is 5.71. The van der Waals surface area contributed by atoms with Gasteiger partial charge in [-0.2, -0.15) is 0 Å². The Bertz CT molecular complexity index is 1380. The van der Waals surface area contributed by atoms with Crippen LogP contribution >= 0.6 is 0 Å². The smallest absolute Gasteiger partial charge is 0.306 e. The molecule has 1 atom stereocenters. The zero-order chi connectivity index (χ0) is 50.0. The van der Waals surface area contributed by atoms with Crippen molar-refractivity contribution in [2.45, 2.75) is 271 Å². The first kappa shape index (κ1) is 65.3. The van der Waals surface area contributed by atoms with E-state index in [4.69, 9.17) is 14.2 Å². The average molecular weight is 960 g/mol. The monoisotopic (exact) mass is 959 g/mol. The van der Waals surface area contributed by atoms with Crippen LogP contribution in [0.5, 0.6) is 0 Å². The van der Waals surface area contributed by atoms with E-state index in [1.54, 1.807) is 0 Å². The third kappa shape index (κ3) is 55.1. The first-order valence-corrected chi connectivity index (χ1v) is 28.7. The average Bonchev–Trinajstić information content (AvgIpc) is 3.35. The summed E-state index contributed by atoms with van der Waals surface area (Å²) >= 11 is 0. The van der Waals surface area contributed by atoms with Crippen molar-refractivity contribution in [3.05, 3.63) is 97.2 Å².